The van der Waals surface area contributed by atoms with Crippen molar-refractivity contribution in [1.29, 1.82) is 0 Å². The zero-order chi connectivity index (χ0) is 11.7. The second-order valence-electron chi connectivity index (χ2n) is 3.70. The van der Waals surface area contributed by atoms with Crippen molar-refractivity contribution in [3.63, 3.8) is 0 Å². The summed E-state index contributed by atoms with van der Waals surface area (Å²) in [5.41, 5.74) is 1.08. The molecule has 0 radical (unpaired) electrons. The fourth-order valence-electron chi connectivity index (χ4n) is 1.53. The summed E-state index contributed by atoms with van der Waals surface area (Å²) in [6.07, 6.45) is 0. The summed E-state index contributed by atoms with van der Waals surface area (Å²) < 4.78 is 18.3. The highest BCUT2D eigenvalue weighted by atomic mass is 19.1. The van der Waals surface area contributed by atoms with Crippen molar-refractivity contribution in [1.82, 2.24) is 0 Å². The normalized spacial score (nSPS) is 10.4. The number of carbonyl (C=O) groups is 1. The van der Waals surface area contributed by atoms with Gasteiger partial charge in [0.2, 0.25) is 5.78 Å². The molecule has 0 N–H and O–H groups in total. The van der Waals surface area contributed by atoms with Gasteiger partial charge in [0.1, 0.15) is 11.6 Å². The van der Waals surface area contributed by atoms with Crippen molar-refractivity contribution in [2.45, 2.75) is 13.8 Å². The number of carbonyl (C=O) groups excluding carboxylic acids is 1. The second kappa shape index (κ2) is 3.93. The largest absolute Gasteiger partial charge is 0.458 e. The predicted octanol–water partition coefficient (Wildman–Crippen LogP) is 3.27. The molecule has 0 spiro atoms. The minimum atomic E-state index is -0.419. The van der Waals surface area contributed by atoms with Crippen LogP contribution in [-0.4, -0.2) is 5.78 Å². The lowest BCUT2D eigenvalue weighted by molar-refractivity contribution is 0.101. The molecule has 0 saturated heterocycles. The number of rotatable bonds is 2. The average molecular weight is 218 g/mol. The Balaban J connectivity index is 2.45. The van der Waals surface area contributed by atoms with Crippen molar-refractivity contribution < 1.29 is 13.6 Å². The molecule has 3 heteroatoms. The van der Waals surface area contributed by atoms with Crippen LogP contribution in [0.4, 0.5) is 4.39 Å². The van der Waals surface area contributed by atoms with Crippen LogP contribution in [0.15, 0.2) is 34.7 Å². The summed E-state index contributed by atoms with van der Waals surface area (Å²) in [5, 5.41) is 0. The topological polar surface area (TPSA) is 30.2 Å². The van der Waals surface area contributed by atoms with Gasteiger partial charge in [0, 0.05) is 5.56 Å². The van der Waals surface area contributed by atoms with E-state index in [0.717, 1.165) is 5.56 Å². The summed E-state index contributed by atoms with van der Waals surface area (Å²) in [6, 6.07) is 7.46. The Labute approximate surface area is 92.7 Å². The molecular weight excluding hydrogens is 207 g/mol. The number of halogens is 1. The van der Waals surface area contributed by atoms with Gasteiger partial charge in [-0.2, -0.15) is 0 Å². The molecule has 0 aliphatic heterocycles. The fraction of sp³-hybridized carbons (Fsp3) is 0.154. The maximum atomic E-state index is 13.0. The van der Waals surface area contributed by atoms with Crippen LogP contribution in [0.3, 0.4) is 0 Å². The molecule has 1 aromatic carbocycles. The summed E-state index contributed by atoms with van der Waals surface area (Å²) in [5.74, 6) is 0.200. The van der Waals surface area contributed by atoms with E-state index in [1.807, 2.05) is 0 Å². The van der Waals surface area contributed by atoms with E-state index in [0.29, 0.717) is 11.3 Å². The smallest absolute Gasteiger partial charge is 0.228 e. The van der Waals surface area contributed by atoms with Crippen LogP contribution in [0.1, 0.15) is 27.4 Å². The molecule has 0 unspecified atom stereocenters. The summed E-state index contributed by atoms with van der Waals surface area (Å²) in [7, 11) is 0. The molecule has 2 nitrogen and oxygen atoms in total. The van der Waals surface area contributed by atoms with Gasteiger partial charge in [-0.1, -0.05) is 6.07 Å². The van der Waals surface area contributed by atoms with E-state index in [1.54, 1.807) is 32.0 Å². The highest BCUT2D eigenvalue weighted by molar-refractivity contribution is 6.08. The number of hydrogen-bond acceptors (Lipinski definition) is 2. The third-order valence-electron chi connectivity index (χ3n) is 2.41. The minimum absolute atomic E-state index is 0.242. The number of hydrogen-bond donors (Lipinski definition) is 0. The van der Waals surface area contributed by atoms with Crippen LogP contribution in [-0.2, 0) is 0 Å². The van der Waals surface area contributed by atoms with E-state index in [9.17, 15) is 9.18 Å². The third kappa shape index (κ3) is 1.89. The number of aryl methyl sites for hydroxylation is 2. The molecule has 1 heterocycles. The van der Waals surface area contributed by atoms with Crippen molar-refractivity contribution in [2.24, 2.45) is 0 Å². The van der Waals surface area contributed by atoms with Gasteiger partial charge in [-0.05, 0) is 43.7 Å². The van der Waals surface area contributed by atoms with E-state index in [1.165, 1.54) is 12.1 Å². The van der Waals surface area contributed by atoms with Crippen LogP contribution in [0.2, 0.25) is 0 Å². The van der Waals surface area contributed by atoms with E-state index >= 15 is 0 Å². The van der Waals surface area contributed by atoms with E-state index in [2.05, 4.69) is 0 Å². The van der Waals surface area contributed by atoms with Gasteiger partial charge in [0.15, 0.2) is 5.76 Å². The Morgan fingerprint density at radius 1 is 1.19 bits per heavy atom. The Hall–Kier alpha value is -1.90. The minimum Gasteiger partial charge on any atom is -0.458 e. The van der Waals surface area contributed by atoms with Crippen molar-refractivity contribution in [3.05, 3.63) is 58.8 Å². The lowest BCUT2D eigenvalue weighted by atomic mass is 10.0. The molecule has 0 bridgehead atoms. The monoisotopic (exact) mass is 218 g/mol. The Morgan fingerprint density at radius 2 is 1.94 bits per heavy atom. The fourth-order valence-corrected chi connectivity index (χ4v) is 1.53. The van der Waals surface area contributed by atoms with Gasteiger partial charge in [-0.3, -0.25) is 4.79 Å². The SMILES string of the molecule is Cc1ccc(C(=O)c2cc(F)ccc2C)o1. The van der Waals surface area contributed by atoms with Gasteiger partial charge < -0.3 is 4.42 Å². The zero-order valence-electron chi connectivity index (χ0n) is 9.08. The Morgan fingerprint density at radius 3 is 2.56 bits per heavy atom. The van der Waals surface area contributed by atoms with Crippen LogP contribution >= 0.6 is 0 Å². The van der Waals surface area contributed by atoms with E-state index in [-0.39, 0.29) is 11.5 Å². The van der Waals surface area contributed by atoms with Gasteiger partial charge in [0.25, 0.3) is 0 Å². The molecule has 2 rings (SSSR count). The lowest BCUT2D eigenvalue weighted by Crippen LogP contribution is -2.02. The second-order valence-corrected chi connectivity index (χ2v) is 3.70. The van der Waals surface area contributed by atoms with Gasteiger partial charge >= 0.3 is 0 Å². The van der Waals surface area contributed by atoms with Crippen molar-refractivity contribution >= 4 is 5.78 Å². The van der Waals surface area contributed by atoms with Crippen molar-refractivity contribution in [2.75, 3.05) is 0 Å². The highest BCUT2D eigenvalue weighted by Gasteiger charge is 2.15. The standard InChI is InChI=1S/C13H11FO2/c1-8-3-5-10(14)7-11(8)13(15)12-6-4-9(2)16-12/h3-7H,1-2H3. The maximum absolute atomic E-state index is 13.0. The van der Waals surface area contributed by atoms with E-state index in [4.69, 9.17) is 4.42 Å². The average Bonchev–Trinajstić information content (AvgIpc) is 2.67. The highest BCUT2D eigenvalue weighted by Crippen LogP contribution is 2.17. The van der Waals surface area contributed by atoms with Gasteiger partial charge in [0.05, 0.1) is 0 Å². The lowest BCUT2D eigenvalue weighted by Gasteiger charge is -2.02. The van der Waals surface area contributed by atoms with Crippen LogP contribution < -0.4 is 0 Å². The number of ketones is 1. The molecule has 82 valence electrons. The van der Waals surface area contributed by atoms with E-state index < -0.39 is 5.82 Å². The van der Waals surface area contributed by atoms with Crippen LogP contribution in [0.25, 0.3) is 0 Å². The first kappa shape index (κ1) is 10.6. The first-order valence-electron chi connectivity index (χ1n) is 4.95. The van der Waals surface area contributed by atoms with Crippen molar-refractivity contribution in [3.8, 4) is 0 Å². The van der Waals surface area contributed by atoms with Crippen LogP contribution in [0.5, 0.6) is 0 Å². The molecule has 16 heavy (non-hydrogen) atoms. The predicted molar refractivity (Wildman–Crippen MR) is 58.0 cm³/mol. The first-order chi connectivity index (χ1) is 7.58. The molecular formula is C13H11FO2. The summed E-state index contributed by atoms with van der Waals surface area (Å²) in [4.78, 5) is 12.0. The molecule has 0 aliphatic carbocycles. The molecule has 0 amide bonds. The number of benzene rings is 1. The van der Waals surface area contributed by atoms with Gasteiger partial charge in [-0.15, -0.1) is 0 Å². The quantitative estimate of drug-likeness (QED) is 0.724. The molecule has 0 aliphatic rings. The molecule has 0 atom stereocenters. The van der Waals surface area contributed by atoms with Crippen LogP contribution in [0, 0.1) is 19.7 Å². The number of furan rings is 1. The Bertz CT molecular complexity index is 541. The Kier molecular flexibility index (Phi) is 2.60. The summed E-state index contributed by atoms with van der Waals surface area (Å²) >= 11 is 0. The van der Waals surface area contributed by atoms with Gasteiger partial charge in [-0.25, -0.2) is 4.39 Å². The third-order valence-corrected chi connectivity index (χ3v) is 2.41. The maximum Gasteiger partial charge on any atom is 0.228 e. The molecule has 2 aromatic rings. The first-order valence-corrected chi connectivity index (χ1v) is 4.95. The molecule has 0 saturated carbocycles. The molecule has 1 aromatic heterocycles. The summed E-state index contributed by atoms with van der Waals surface area (Å²) in [6.45, 7) is 3.53. The molecule has 0 fully saturated rings. The zero-order valence-corrected chi connectivity index (χ0v) is 9.08.